The van der Waals surface area contributed by atoms with E-state index in [1.54, 1.807) is 6.20 Å². The fraction of sp³-hybridized carbons (Fsp3) is 0.350. The van der Waals surface area contributed by atoms with Crippen LogP contribution in [0.2, 0.25) is 0 Å². The Kier molecular flexibility index (Phi) is 4.98. The van der Waals surface area contributed by atoms with Gasteiger partial charge in [0, 0.05) is 17.6 Å². The van der Waals surface area contributed by atoms with E-state index in [1.807, 2.05) is 42.5 Å². The quantitative estimate of drug-likeness (QED) is 0.643. The molecule has 3 aromatic rings. The molecule has 3 atom stereocenters. The minimum absolute atomic E-state index is 0.0121. The molecule has 1 aliphatic carbocycles. The normalized spacial score (nSPS) is 22.4. The highest BCUT2D eigenvalue weighted by Crippen LogP contribution is 2.21. The van der Waals surface area contributed by atoms with Crippen LogP contribution in [0.15, 0.2) is 48.7 Å². The van der Waals surface area contributed by atoms with Crippen LogP contribution in [0, 0.1) is 0 Å². The fourth-order valence-corrected chi connectivity index (χ4v) is 3.54. The molecule has 7 nitrogen and oxygen atoms in total. The Labute approximate surface area is 157 Å². The van der Waals surface area contributed by atoms with Crippen molar-refractivity contribution in [1.82, 2.24) is 15.0 Å². The predicted molar refractivity (Wildman–Crippen MR) is 102 cm³/mol. The van der Waals surface area contributed by atoms with Crippen molar-refractivity contribution in [3.8, 4) is 0 Å². The molecule has 1 aromatic heterocycles. The molecule has 2 aromatic carbocycles. The summed E-state index contributed by atoms with van der Waals surface area (Å²) in [5.41, 5.74) is 13.3. The van der Waals surface area contributed by atoms with Crippen LogP contribution in [0.3, 0.4) is 0 Å². The number of carbonyl (C=O) groups excluding carboxylic acids is 1. The van der Waals surface area contributed by atoms with Crippen LogP contribution in [0.5, 0.6) is 0 Å². The zero-order chi connectivity index (χ0) is 18.8. The molecule has 1 aliphatic rings. The van der Waals surface area contributed by atoms with E-state index >= 15 is 0 Å². The lowest BCUT2D eigenvalue weighted by atomic mass is 10.0. The van der Waals surface area contributed by atoms with Crippen molar-refractivity contribution in [2.24, 2.45) is 11.5 Å². The van der Waals surface area contributed by atoms with Crippen molar-refractivity contribution in [3.63, 3.8) is 0 Å². The molecule has 4 N–H and O–H groups in total. The molecule has 0 aliphatic heterocycles. The maximum atomic E-state index is 12.6. The zero-order valence-corrected chi connectivity index (χ0v) is 15.0. The molecule has 0 spiro atoms. The Morgan fingerprint density at radius 2 is 1.96 bits per heavy atom. The Balaban J connectivity index is 1.37. The van der Waals surface area contributed by atoms with E-state index < -0.39 is 0 Å². The van der Waals surface area contributed by atoms with Gasteiger partial charge >= 0.3 is 0 Å². The van der Waals surface area contributed by atoms with E-state index in [9.17, 15) is 4.79 Å². The fourth-order valence-electron chi connectivity index (χ4n) is 3.54. The second-order valence-corrected chi connectivity index (χ2v) is 7.14. The highest BCUT2D eigenvalue weighted by atomic mass is 16.5. The maximum Gasteiger partial charge on any atom is 0.184 e. The second-order valence-electron chi connectivity index (χ2n) is 7.14. The van der Waals surface area contributed by atoms with Crippen molar-refractivity contribution in [2.75, 3.05) is 0 Å². The number of ether oxygens (including phenoxy) is 1. The van der Waals surface area contributed by atoms with Crippen LogP contribution in [0.1, 0.15) is 28.9 Å². The third kappa shape index (κ3) is 4.05. The summed E-state index contributed by atoms with van der Waals surface area (Å²) in [4.78, 5) is 12.6. The minimum atomic E-state index is -0.0515. The molecule has 0 unspecified atom stereocenters. The topological polar surface area (TPSA) is 109 Å². The number of ketones is 1. The first-order valence-electron chi connectivity index (χ1n) is 9.12. The molecule has 0 radical (unpaired) electrons. The Bertz CT molecular complexity index is 954. The number of nitrogens with two attached hydrogens (primary N) is 2. The van der Waals surface area contributed by atoms with Crippen molar-refractivity contribution in [2.45, 2.75) is 44.2 Å². The van der Waals surface area contributed by atoms with Gasteiger partial charge in [0.25, 0.3) is 0 Å². The number of hydrogen-bond donors (Lipinski definition) is 2. The average molecular weight is 365 g/mol. The van der Waals surface area contributed by atoms with Gasteiger partial charge in [0.1, 0.15) is 12.2 Å². The molecule has 1 fully saturated rings. The van der Waals surface area contributed by atoms with E-state index in [4.69, 9.17) is 16.2 Å². The van der Waals surface area contributed by atoms with E-state index in [-0.39, 0.29) is 30.5 Å². The summed E-state index contributed by atoms with van der Waals surface area (Å²) in [6.45, 7) is 0.453. The number of nitrogens with zero attached hydrogens (tertiary/aromatic N) is 3. The summed E-state index contributed by atoms with van der Waals surface area (Å²) < 4.78 is 7.36. The molecule has 0 amide bonds. The highest BCUT2D eigenvalue weighted by Gasteiger charge is 2.30. The van der Waals surface area contributed by atoms with Gasteiger partial charge in [0.05, 0.1) is 18.9 Å². The molecule has 140 valence electrons. The molecule has 0 saturated heterocycles. The van der Waals surface area contributed by atoms with Crippen molar-refractivity contribution >= 4 is 16.6 Å². The molecular formula is C20H23N5O2. The van der Waals surface area contributed by atoms with Crippen LogP contribution in [0.25, 0.3) is 10.8 Å². The Hall–Kier alpha value is -2.61. The predicted octanol–water partition coefficient (Wildman–Crippen LogP) is 1.65. The minimum Gasteiger partial charge on any atom is -0.370 e. The Morgan fingerprint density at radius 1 is 1.15 bits per heavy atom. The van der Waals surface area contributed by atoms with Gasteiger partial charge in [-0.25, -0.2) is 4.68 Å². The summed E-state index contributed by atoms with van der Waals surface area (Å²) in [6.07, 6.45) is 3.22. The first-order valence-corrected chi connectivity index (χ1v) is 9.12. The van der Waals surface area contributed by atoms with E-state index in [0.29, 0.717) is 17.9 Å². The standard InChI is InChI=1S/C20H23N5O2/c21-16-8-18(22)20(9-16)27-12-17-10-25(24-23-17)11-19(26)15-6-5-13-3-1-2-4-14(13)7-15/h1-7,10,16,18,20H,8-9,11-12,21-22H2/t16-,18+,20+/m1/s1. The summed E-state index contributed by atoms with van der Waals surface area (Å²) in [5, 5.41) is 10.3. The number of benzene rings is 2. The smallest absolute Gasteiger partial charge is 0.184 e. The number of hydrogen-bond acceptors (Lipinski definition) is 6. The van der Waals surface area contributed by atoms with Gasteiger partial charge in [-0.2, -0.15) is 0 Å². The summed E-state index contributed by atoms with van der Waals surface area (Å²) in [7, 11) is 0. The first-order chi connectivity index (χ1) is 13.1. The van der Waals surface area contributed by atoms with Gasteiger partial charge in [-0.3, -0.25) is 4.79 Å². The number of fused-ring (bicyclic) bond motifs is 1. The van der Waals surface area contributed by atoms with Crippen LogP contribution < -0.4 is 11.5 Å². The lowest BCUT2D eigenvalue weighted by Crippen LogP contribution is -2.31. The second kappa shape index (κ2) is 7.56. The third-order valence-corrected chi connectivity index (χ3v) is 5.00. The molecule has 27 heavy (non-hydrogen) atoms. The van der Waals surface area contributed by atoms with Crippen molar-refractivity contribution in [3.05, 3.63) is 59.9 Å². The zero-order valence-electron chi connectivity index (χ0n) is 15.0. The SMILES string of the molecule is N[C@H]1C[C@H](OCc2cn(CC(=O)c3ccc4ccccc4c3)nn2)[C@@H](N)C1. The van der Waals surface area contributed by atoms with Gasteiger partial charge < -0.3 is 16.2 Å². The third-order valence-electron chi connectivity index (χ3n) is 5.00. The molecule has 1 heterocycles. The summed E-state index contributed by atoms with van der Waals surface area (Å²) in [6, 6.07) is 13.7. The number of rotatable bonds is 6. The van der Waals surface area contributed by atoms with E-state index in [0.717, 1.165) is 23.6 Å². The van der Waals surface area contributed by atoms with Gasteiger partial charge in [-0.15, -0.1) is 5.10 Å². The molecule has 0 bridgehead atoms. The molecule has 7 heteroatoms. The maximum absolute atomic E-state index is 12.6. The van der Waals surface area contributed by atoms with Crippen molar-refractivity contribution < 1.29 is 9.53 Å². The molecular weight excluding hydrogens is 342 g/mol. The van der Waals surface area contributed by atoms with Gasteiger partial charge in [-0.1, -0.05) is 41.6 Å². The monoisotopic (exact) mass is 365 g/mol. The molecule has 4 rings (SSSR count). The van der Waals surface area contributed by atoms with Crippen LogP contribution in [-0.2, 0) is 17.9 Å². The van der Waals surface area contributed by atoms with Gasteiger partial charge in [0.15, 0.2) is 5.78 Å². The highest BCUT2D eigenvalue weighted by molar-refractivity contribution is 5.99. The molecule has 1 saturated carbocycles. The van der Waals surface area contributed by atoms with Gasteiger partial charge in [0.2, 0.25) is 0 Å². The summed E-state index contributed by atoms with van der Waals surface area (Å²) >= 11 is 0. The van der Waals surface area contributed by atoms with E-state index in [1.165, 1.54) is 4.68 Å². The first kappa shape index (κ1) is 17.8. The van der Waals surface area contributed by atoms with E-state index in [2.05, 4.69) is 10.3 Å². The average Bonchev–Trinajstić information content (AvgIpc) is 3.24. The largest absolute Gasteiger partial charge is 0.370 e. The van der Waals surface area contributed by atoms with Crippen LogP contribution in [0.4, 0.5) is 0 Å². The lowest BCUT2D eigenvalue weighted by molar-refractivity contribution is 0.0332. The number of Topliss-reactive ketones (excluding diaryl/α,β-unsaturated/α-hetero) is 1. The van der Waals surface area contributed by atoms with Crippen LogP contribution in [-0.4, -0.2) is 39.0 Å². The Morgan fingerprint density at radius 3 is 2.74 bits per heavy atom. The van der Waals surface area contributed by atoms with Crippen molar-refractivity contribution in [1.29, 1.82) is 0 Å². The summed E-state index contributed by atoms with van der Waals surface area (Å²) in [5.74, 6) is -0.0121. The number of carbonyl (C=O) groups is 1. The van der Waals surface area contributed by atoms with Gasteiger partial charge in [-0.05, 0) is 29.7 Å². The van der Waals surface area contributed by atoms with Crippen LogP contribution >= 0.6 is 0 Å². The lowest BCUT2D eigenvalue weighted by Gasteiger charge is -2.14. The number of aromatic nitrogens is 3.